The van der Waals surface area contributed by atoms with Crippen molar-refractivity contribution in [1.82, 2.24) is 10.2 Å². The van der Waals surface area contributed by atoms with Gasteiger partial charge in [0.15, 0.2) is 0 Å². The van der Waals surface area contributed by atoms with E-state index in [1.54, 1.807) is 0 Å². The molecule has 0 spiro atoms. The minimum Gasteiger partial charge on any atom is -0.312 e. The SMILES string of the molecule is CC1CCC(N(C)C(C)C(C)CNC(C)(C)C)CC1. The summed E-state index contributed by atoms with van der Waals surface area (Å²) in [6.07, 6.45) is 5.61. The number of nitrogens with zero attached hydrogens (tertiary/aromatic N) is 1. The molecule has 2 atom stereocenters. The second-order valence-corrected chi connectivity index (χ2v) is 7.93. The third-order valence-electron chi connectivity index (χ3n) is 4.98. The molecule has 0 aliphatic heterocycles. The van der Waals surface area contributed by atoms with Crippen molar-refractivity contribution in [2.75, 3.05) is 13.6 Å². The first-order valence-electron chi connectivity index (χ1n) is 8.17. The summed E-state index contributed by atoms with van der Waals surface area (Å²) in [6, 6.07) is 1.47. The van der Waals surface area contributed by atoms with Gasteiger partial charge < -0.3 is 10.2 Å². The Labute approximate surface area is 121 Å². The van der Waals surface area contributed by atoms with Gasteiger partial charge in [-0.05, 0) is 78.8 Å². The molecule has 0 amide bonds. The fourth-order valence-corrected chi connectivity index (χ4v) is 3.02. The number of hydrogen-bond donors (Lipinski definition) is 1. The van der Waals surface area contributed by atoms with E-state index in [-0.39, 0.29) is 5.54 Å². The van der Waals surface area contributed by atoms with Crippen LogP contribution in [0.4, 0.5) is 0 Å². The lowest BCUT2D eigenvalue weighted by molar-refractivity contribution is 0.0999. The van der Waals surface area contributed by atoms with Crippen molar-refractivity contribution in [3.63, 3.8) is 0 Å². The lowest BCUT2D eigenvalue weighted by atomic mass is 9.85. The summed E-state index contributed by atoms with van der Waals surface area (Å²) in [5, 5.41) is 3.64. The first-order chi connectivity index (χ1) is 8.70. The Balaban J connectivity index is 2.40. The van der Waals surface area contributed by atoms with Crippen molar-refractivity contribution in [3.05, 3.63) is 0 Å². The molecule has 1 fully saturated rings. The Morgan fingerprint density at radius 3 is 2.11 bits per heavy atom. The molecule has 1 N–H and O–H groups in total. The summed E-state index contributed by atoms with van der Waals surface area (Å²) in [5.74, 6) is 1.64. The van der Waals surface area contributed by atoms with E-state index in [2.05, 4.69) is 58.8 Å². The molecule has 114 valence electrons. The number of hydrogen-bond acceptors (Lipinski definition) is 2. The molecular formula is C17H36N2. The van der Waals surface area contributed by atoms with Gasteiger partial charge in [-0.3, -0.25) is 0 Å². The highest BCUT2D eigenvalue weighted by molar-refractivity contribution is 4.83. The summed E-state index contributed by atoms with van der Waals surface area (Å²) in [5.41, 5.74) is 0.229. The van der Waals surface area contributed by atoms with Gasteiger partial charge in [0, 0.05) is 17.6 Å². The van der Waals surface area contributed by atoms with Gasteiger partial charge in [0.2, 0.25) is 0 Å². The Bertz CT molecular complexity index is 248. The average molecular weight is 268 g/mol. The molecule has 2 nitrogen and oxygen atoms in total. The lowest BCUT2D eigenvalue weighted by Crippen LogP contribution is -2.48. The van der Waals surface area contributed by atoms with Gasteiger partial charge in [0.05, 0.1) is 0 Å². The molecule has 0 bridgehead atoms. The van der Waals surface area contributed by atoms with Gasteiger partial charge in [-0.1, -0.05) is 13.8 Å². The Kier molecular flexibility index (Phi) is 6.32. The van der Waals surface area contributed by atoms with Gasteiger partial charge in [-0.15, -0.1) is 0 Å². The van der Waals surface area contributed by atoms with Crippen LogP contribution in [0.15, 0.2) is 0 Å². The van der Waals surface area contributed by atoms with Gasteiger partial charge in [-0.25, -0.2) is 0 Å². The van der Waals surface area contributed by atoms with Gasteiger partial charge >= 0.3 is 0 Å². The highest BCUT2D eigenvalue weighted by Gasteiger charge is 2.27. The Morgan fingerprint density at radius 2 is 1.63 bits per heavy atom. The fourth-order valence-electron chi connectivity index (χ4n) is 3.02. The highest BCUT2D eigenvalue weighted by Crippen LogP contribution is 2.28. The minimum absolute atomic E-state index is 0.229. The second-order valence-electron chi connectivity index (χ2n) is 7.93. The molecule has 0 aromatic rings. The fraction of sp³-hybridized carbons (Fsp3) is 1.00. The predicted molar refractivity (Wildman–Crippen MR) is 85.6 cm³/mol. The van der Waals surface area contributed by atoms with Crippen LogP contribution in [-0.4, -0.2) is 36.1 Å². The summed E-state index contributed by atoms with van der Waals surface area (Å²) >= 11 is 0. The summed E-state index contributed by atoms with van der Waals surface area (Å²) in [6.45, 7) is 15.0. The van der Waals surface area contributed by atoms with Crippen LogP contribution in [0.5, 0.6) is 0 Å². The maximum Gasteiger partial charge on any atom is 0.0105 e. The maximum atomic E-state index is 3.64. The van der Waals surface area contributed by atoms with E-state index in [1.807, 2.05) is 0 Å². The molecule has 0 aromatic carbocycles. The van der Waals surface area contributed by atoms with E-state index in [0.717, 1.165) is 18.5 Å². The molecule has 1 rings (SSSR count). The molecule has 0 aromatic heterocycles. The van der Waals surface area contributed by atoms with Crippen molar-refractivity contribution >= 4 is 0 Å². The van der Waals surface area contributed by atoms with Gasteiger partial charge in [-0.2, -0.15) is 0 Å². The third kappa shape index (κ3) is 5.83. The first kappa shape index (κ1) is 17.0. The van der Waals surface area contributed by atoms with Crippen molar-refractivity contribution in [2.24, 2.45) is 11.8 Å². The van der Waals surface area contributed by atoms with Crippen molar-refractivity contribution in [2.45, 2.75) is 84.8 Å². The monoisotopic (exact) mass is 268 g/mol. The van der Waals surface area contributed by atoms with Crippen LogP contribution in [0.3, 0.4) is 0 Å². The lowest BCUT2D eigenvalue weighted by Gasteiger charge is -2.40. The van der Waals surface area contributed by atoms with Crippen LogP contribution in [-0.2, 0) is 0 Å². The average Bonchev–Trinajstić information content (AvgIpc) is 2.34. The first-order valence-corrected chi connectivity index (χ1v) is 8.17. The van der Waals surface area contributed by atoms with Crippen molar-refractivity contribution in [1.29, 1.82) is 0 Å². The number of nitrogens with one attached hydrogen (secondary N) is 1. The van der Waals surface area contributed by atoms with Crippen molar-refractivity contribution in [3.8, 4) is 0 Å². The standard InChI is InChI=1S/C17H36N2/c1-13-8-10-16(11-9-13)19(7)15(3)14(2)12-18-17(4,5)6/h13-16,18H,8-12H2,1-7H3. The molecule has 1 saturated carbocycles. The third-order valence-corrected chi connectivity index (χ3v) is 4.98. The van der Waals surface area contributed by atoms with Crippen LogP contribution in [0.2, 0.25) is 0 Å². The van der Waals surface area contributed by atoms with Crippen LogP contribution in [0.25, 0.3) is 0 Å². The molecule has 1 aliphatic rings. The molecule has 0 radical (unpaired) electrons. The maximum absolute atomic E-state index is 3.64. The molecule has 19 heavy (non-hydrogen) atoms. The zero-order chi connectivity index (χ0) is 14.6. The molecule has 0 heterocycles. The minimum atomic E-state index is 0.229. The summed E-state index contributed by atoms with van der Waals surface area (Å²) in [7, 11) is 2.33. The summed E-state index contributed by atoms with van der Waals surface area (Å²) < 4.78 is 0. The van der Waals surface area contributed by atoms with Gasteiger partial charge in [0.25, 0.3) is 0 Å². The van der Waals surface area contributed by atoms with E-state index < -0.39 is 0 Å². The van der Waals surface area contributed by atoms with Gasteiger partial charge in [0.1, 0.15) is 0 Å². The van der Waals surface area contributed by atoms with E-state index in [0.29, 0.717) is 12.0 Å². The largest absolute Gasteiger partial charge is 0.312 e. The Morgan fingerprint density at radius 1 is 1.11 bits per heavy atom. The van der Waals surface area contributed by atoms with E-state index >= 15 is 0 Å². The van der Waals surface area contributed by atoms with Crippen LogP contribution in [0.1, 0.15) is 67.2 Å². The van der Waals surface area contributed by atoms with E-state index in [9.17, 15) is 0 Å². The summed E-state index contributed by atoms with van der Waals surface area (Å²) in [4.78, 5) is 2.64. The molecule has 1 aliphatic carbocycles. The quantitative estimate of drug-likeness (QED) is 0.813. The molecule has 2 heteroatoms. The zero-order valence-corrected chi connectivity index (χ0v) is 14.3. The number of rotatable bonds is 5. The highest BCUT2D eigenvalue weighted by atomic mass is 15.2. The van der Waals surface area contributed by atoms with Crippen LogP contribution >= 0.6 is 0 Å². The normalized spacial score (nSPS) is 28.4. The van der Waals surface area contributed by atoms with Crippen LogP contribution < -0.4 is 5.32 Å². The smallest absolute Gasteiger partial charge is 0.0105 e. The van der Waals surface area contributed by atoms with Crippen molar-refractivity contribution < 1.29 is 0 Å². The zero-order valence-electron chi connectivity index (χ0n) is 14.3. The molecular weight excluding hydrogens is 232 g/mol. The predicted octanol–water partition coefficient (Wildman–Crippen LogP) is 3.91. The Hall–Kier alpha value is -0.0800. The molecule has 2 unspecified atom stereocenters. The topological polar surface area (TPSA) is 15.3 Å². The van der Waals surface area contributed by atoms with E-state index in [1.165, 1.54) is 25.7 Å². The van der Waals surface area contributed by atoms with Crippen LogP contribution in [0, 0.1) is 11.8 Å². The molecule has 0 saturated heterocycles. The van der Waals surface area contributed by atoms with E-state index in [4.69, 9.17) is 0 Å². The second kappa shape index (κ2) is 7.08.